The van der Waals surface area contributed by atoms with Gasteiger partial charge in [-0.2, -0.15) is 8.78 Å². The minimum absolute atomic E-state index is 0.0131. The Morgan fingerprint density at radius 1 is 1.27 bits per heavy atom. The van der Waals surface area contributed by atoms with Crippen molar-refractivity contribution in [2.45, 2.75) is 44.3 Å². The Kier molecular flexibility index (Phi) is 8.53. The van der Waals surface area contributed by atoms with E-state index >= 15 is 8.78 Å². The van der Waals surface area contributed by atoms with Crippen LogP contribution in [0.3, 0.4) is 0 Å². The molecule has 0 saturated heterocycles. The average molecular weight is 441 g/mol. The molecule has 1 aromatic carbocycles. The van der Waals surface area contributed by atoms with Crippen LogP contribution in [-0.2, 0) is 20.2 Å². The van der Waals surface area contributed by atoms with Crippen LogP contribution < -0.4 is 5.32 Å². The first kappa shape index (κ1) is 23.5. The Labute approximate surface area is 178 Å². The highest BCUT2D eigenvalue weighted by Gasteiger charge is 2.46. The van der Waals surface area contributed by atoms with E-state index in [1.807, 2.05) is 6.92 Å². The Hall–Kier alpha value is -2.74. The second-order valence-electron chi connectivity index (χ2n) is 6.57. The van der Waals surface area contributed by atoms with Crippen LogP contribution in [0.2, 0.25) is 5.02 Å². The Balaban J connectivity index is 2.30. The van der Waals surface area contributed by atoms with Crippen molar-refractivity contribution in [2.24, 2.45) is 0 Å². The van der Waals surface area contributed by atoms with Crippen LogP contribution in [0.25, 0.3) is 0 Å². The molecule has 0 aliphatic carbocycles. The number of alkyl halides is 2. The number of hydrogen-bond donors (Lipinski definition) is 1. The number of carbonyl (C=O) groups excluding carboxylic acids is 2. The molecule has 1 unspecified atom stereocenters. The maximum Gasteiger partial charge on any atom is 0.408 e. The zero-order valence-electron chi connectivity index (χ0n) is 16.6. The zero-order chi connectivity index (χ0) is 22.1. The minimum atomic E-state index is -3.62. The molecule has 2 aromatic rings. The molecule has 9 heteroatoms. The number of ether oxygens (including phenoxy) is 2. The number of nitrogens with one attached hydrogen (secondary N) is 1. The van der Waals surface area contributed by atoms with Crippen LogP contribution in [0.5, 0.6) is 0 Å². The largest absolute Gasteiger partial charge is 0.467 e. The second-order valence-corrected chi connectivity index (χ2v) is 7.00. The normalized spacial score (nSPS) is 13.2. The minimum Gasteiger partial charge on any atom is -0.467 e. The zero-order valence-corrected chi connectivity index (χ0v) is 17.4. The third kappa shape index (κ3) is 6.13. The SMILES string of the molecule is CCCC[C@H](NC(=O)OC(c1cccnc1)C(F)(F)c1cccc(Cl)c1)C(=O)OC. The number of nitrogens with zero attached hydrogens (tertiary/aromatic N) is 1. The molecular weight excluding hydrogens is 418 g/mol. The van der Waals surface area contributed by atoms with Crippen molar-refractivity contribution < 1.29 is 27.8 Å². The number of alkyl carbamates (subject to hydrolysis) is 1. The lowest BCUT2D eigenvalue weighted by atomic mass is 9.98. The molecule has 0 saturated carbocycles. The number of rotatable bonds is 9. The van der Waals surface area contributed by atoms with Gasteiger partial charge in [0.05, 0.1) is 7.11 Å². The predicted octanol–water partition coefficient (Wildman–Crippen LogP) is 5.03. The Bertz CT molecular complexity index is 852. The highest BCUT2D eigenvalue weighted by Crippen LogP contribution is 2.43. The predicted molar refractivity (Wildman–Crippen MR) is 107 cm³/mol. The third-order valence-corrected chi connectivity index (χ3v) is 4.61. The molecule has 0 aliphatic heterocycles. The summed E-state index contributed by atoms with van der Waals surface area (Å²) in [6.45, 7) is 1.91. The van der Waals surface area contributed by atoms with Crippen molar-refractivity contribution >= 4 is 23.7 Å². The number of benzene rings is 1. The van der Waals surface area contributed by atoms with Crippen LogP contribution in [0.4, 0.5) is 13.6 Å². The van der Waals surface area contributed by atoms with Crippen LogP contribution in [0.15, 0.2) is 48.8 Å². The monoisotopic (exact) mass is 440 g/mol. The van der Waals surface area contributed by atoms with Gasteiger partial charge in [0.15, 0.2) is 6.10 Å². The van der Waals surface area contributed by atoms with Crippen molar-refractivity contribution in [2.75, 3.05) is 7.11 Å². The summed E-state index contributed by atoms with van der Waals surface area (Å²) in [4.78, 5) is 28.2. The number of halogens is 3. The van der Waals surface area contributed by atoms with Gasteiger partial charge in [0.25, 0.3) is 0 Å². The lowest BCUT2D eigenvalue weighted by molar-refractivity contribution is -0.143. The highest BCUT2D eigenvalue weighted by atomic mass is 35.5. The second kappa shape index (κ2) is 10.9. The van der Waals surface area contributed by atoms with Crippen molar-refractivity contribution in [1.29, 1.82) is 0 Å². The smallest absolute Gasteiger partial charge is 0.408 e. The first-order valence-electron chi connectivity index (χ1n) is 9.38. The van der Waals surface area contributed by atoms with E-state index in [0.29, 0.717) is 12.8 Å². The van der Waals surface area contributed by atoms with Crippen LogP contribution in [0, 0.1) is 0 Å². The molecule has 2 atom stereocenters. The summed E-state index contributed by atoms with van der Waals surface area (Å²) in [5, 5.41) is 2.44. The number of pyridine rings is 1. The summed E-state index contributed by atoms with van der Waals surface area (Å²) in [6, 6.07) is 6.96. The Morgan fingerprint density at radius 2 is 2.03 bits per heavy atom. The van der Waals surface area contributed by atoms with Gasteiger partial charge < -0.3 is 14.8 Å². The van der Waals surface area contributed by atoms with Crippen LogP contribution in [0.1, 0.15) is 43.4 Å². The van der Waals surface area contributed by atoms with E-state index in [2.05, 4.69) is 15.0 Å². The molecule has 6 nitrogen and oxygen atoms in total. The summed E-state index contributed by atoms with van der Waals surface area (Å²) < 4.78 is 40.4. The quantitative estimate of drug-likeness (QED) is 0.553. The molecule has 30 heavy (non-hydrogen) atoms. The molecule has 1 N–H and O–H groups in total. The van der Waals surface area contributed by atoms with Gasteiger partial charge >= 0.3 is 18.0 Å². The molecule has 2 rings (SSSR count). The number of aromatic nitrogens is 1. The average Bonchev–Trinajstić information content (AvgIpc) is 2.74. The number of carbonyl (C=O) groups is 2. The van der Waals surface area contributed by atoms with Crippen LogP contribution in [-0.4, -0.2) is 30.2 Å². The summed E-state index contributed by atoms with van der Waals surface area (Å²) in [5.74, 6) is -4.30. The molecule has 1 aromatic heterocycles. The van der Waals surface area contributed by atoms with Gasteiger partial charge in [-0.1, -0.05) is 49.6 Å². The standard InChI is InChI=1S/C21H23ClF2N2O4/c1-3-4-10-17(19(27)29-2)26-20(28)30-18(14-7-6-11-25-13-14)21(23,24)15-8-5-9-16(22)12-15/h5-9,11-13,17-18H,3-4,10H2,1-2H3,(H,26,28)/t17-,18?/m0/s1. The van der Waals surface area contributed by atoms with E-state index in [9.17, 15) is 9.59 Å². The van der Waals surface area contributed by atoms with Gasteiger partial charge in [-0.3, -0.25) is 4.98 Å². The lowest BCUT2D eigenvalue weighted by Crippen LogP contribution is -2.43. The summed E-state index contributed by atoms with van der Waals surface area (Å²) in [6.07, 6.45) is 1.13. The summed E-state index contributed by atoms with van der Waals surface area (Å²) in [5.41, 5.74) is -0.437. The first-order chi connectivity index (χ1) is 14.3. The van der Waals surface area contributed by atoms with Gasteiger partial charge in [0.1, 0.15) is 6.04 Å². The van der Waals surface area contributed by atoms with Crippen LogP contribution >= 0.6 is 11.6 Å². The lowest BCUT2D eigenvalue weighted by Gasteiger charge is -2.28. The van der Waals surface area contributed by atoms with E-state index in [-0.39, 0.29) is 10.6 Å². The molecule has 1 amide bonds. The first-order valence-corrected chi connectivity index (χ1v) is 9.76. The number of amides is 1. The third-order valence-electron chi connectivity index (χ3n) is 4.37. The fraction of sp³-hybridized carbons (Fsp3) is 0.381. The van der Waals surface area contributed by atoms with Gasteiger partial charge in [0.2, 0.25) is 0 Å². The van der Waals surface area contributed by atoms with Gasteiger partial charge in [-0.05, 0) is 24.6 Å². The molecular formula is C21H23ClF2N2O4. The van der Waals surface area contributed by atoms with E-state index in [4.69, 9.17) is 16.3 Å². The van der Waals surface area contributed by atoms with Gasteiger partial charge in [-0.15, -0.1) is 0 Å². The molecule has 0 bridgehead atoms. The van der Waals surface area contributed by atoms with E-state index < -0.39 is 35.7 Å². The number of hydrogen-bond acceptors (Lipinski definition) is 5. The summed E-state index contributed by atoms with van der Waals surface area (Å²) >= 11 is 5.86. The van der Waals surface area contributed by atoms with Gasteiger partial charge in [0, 0.05) is 28.5 Å². The van der Waals surface area contributed by atoms with Crippen molar-refractivity contribution in [3.63, 3.8) is 0 Å². The fourth-order valence-corrected chi connectivity index (χ4v) is 3.00. The molecule has 0 aliphatic rings. The van der Waals surface area contributed by atoms with Crippen molar-refractivity contribution in [3.05, 3.63) is 64.9 Å². The molecule has 162 valence electrons. The maximum atomic E-state index is 15.3. The van der Waals surface area contributed by atoms with Crippen molar-refractivity contribution in [1.82, 2.24) is 10.3 Å². The Morgan fingerprint density at radius 3 is 2.63 bits per heavy atom. The fourth-order valence-electron chi connectivity index (χ4n) is 2.81. The molecule has 1 heterocycles. The molecule has 0 spiro atoms. The van der Waals surface area contributed by atoms with E-state index in [1.165, 1.54) is 49.8 Å². The number of esters is 1. The maximum absolute atomic E-state index is 15.3. The number of methoxy groups -OCH3 is 1. The van der Waals surface area contributed by atoms with Gasteiger partial charge in [-0.25, -0.2) is 9.59 Å². The van der Waals surface area contributed by atoms with E-state index in [1.54, 1.807) is 0 Å². The molecule has 0 radical (unpaired) electrons. The van der Waals surface area contributed by atoms with E-state index in [0.717, 1.165) is 12.5 Å². The highest BCUT2D eigenvalue weighted by molar-refractivity contribution is 6.30. The number of unbranched alkanes of at least 4 members (excludes halogenated alkanes) is 1. The molecule has 0 fully saturated rings. The van der Waals surface area contributed by atoms with Crippen molar-refractivity contribution in [3.8, 4) is 0 Å². The summed E-state index contributed by atoms with van der Waals surface area (Å²) in [7, 11) is 1.18. The topological polar surface area (TPSA) is 77.5 Å².